The van der Waals surface area contributed by atoms with E-state index in [0.717, 1.165) is 30.8 Å². The van der Waals surface area contributed by atoms with Crippen molar-refractivity contribution in [2.75, 3.05) is 19.6 Å². The summed E-state index contributed by atoms with van der Waals surface area (Å²) < 4.78 is 0. The Bertz CT molecular complexity index is 392. The van der Waals surface area contributed by atoms with Gasteiger partial charge in [-0.05, 0) is 35.6 Å². The maximum Gasteiger partial charge on any atom is 0.133 e. The molecule has 0 fully saturated rings. The van der Waals surface area contributed by atoms with Crippen LogP contribution in [0, 0.1) is 0 Å². The molecule has 3 heteroatoms. The number of fused-ring (bicyclic) bond motifs is 1. The summed E-state index contributed by atoms with van der Waals surface area (Å²) in [5, 5.41) is 0.800. The van der Waals surface area contributed by atoms with Gasteiger partial charge in [0.1, 0.15) is 6.29 Å². The molecule has 0 aromatic heterocycles. The number of nitrogens with zero attached hydrogens (tertiary/aromatic N) is 1. The molecule has 0 aliphatic carbocycles. The Morgan fingerprint density at radius 1 is 1.56 bits per heavy atom. The predicted octanol–water partition coefficient (Wildman–Crippen LogP) is 2.50. The molecule has 0 saturated carbocycles. The van der Waals surface area contributed by atoms with Gasteiger partial charge in [-0.2, -0.15) is 0 Å². The minimum absolute atomic E-state index is 0.441. The maximum absolute atomic E-state index is 10.6. The second-order valence-electron chi connectivity index (χ2n) is 4.42. The van der Waals surface area contributed by atoms with Gasteiger partial charge in [0.05, 0.1) is 6.54 Å². The normalized spacial score (nSPS) is 21.2. The summed E-state index contributed by atoms with van der Waals surface area (Å²) in [5.41, 5.74) is 2.70. The number of rotatable bonds is 2. The molecule has 1 atom stereocenters. The molecule has 0 bridgehead atoms. The van der Waals surface area contributed by atoms with E-state index < -0.39 is 0 Å². The van der Waals surface area contributed by atoms with Crippen LogP contribution < -0.4 is 0 Å². The van der Waals surface area contributed by atoms with Crippen LogP contribution in [0.25, 0.3) is 0 Å². The molecular formula is C13H16ClNO. The van der Waals surface area contributed by atoms with Crippen LogP contribution in [-0.2, 0) is 11.2 Å². The highest BCUT2D eigenvalue weighted by molar-refractivity contribution is 6.30. The summed E-state index contributed by atoms with van der Waals surface area (Å²) >= 11 is 6.02. The van der Waals surface area contributed by atoms with E-state index >= 15 is 0 Å². The predicted molar refractivity (Wildman–Crippen MR) is 66.1 cm³/mol. The first-order valence-corrected chi connectivity index (χ1v) is 6.03. The smallest absolute Gasteiger partial charge is 0.133 e. The monoisotopic (exact) mass is 237 g/mol. The average molecular weight is 238 g/mol. The first-order valence-electron chi connectivity index (χ1n) is 5.65. The Kier molecular flexibility index (Phi) is 3.62. The second kappa shape index (κ2) is 4.98. The summed E-state index contributed by atoms with van der Waals surface area (Å²) in [6.45, 7) is 4.62. The molecule has 0 radical (unpaired) electrons. The molecule has 0 saturated heterocycles. The van der Waals surface area contributed by atoms with Crippen LogP contribution in [0.15, 0.2) is 18.2 Å². The summed E-state index contributed by atoms with van der Waals surface area (Å²) in [6.07, 6.45) is 1.99. The number of hydrogen-bond acceptors (Lipinski definition) is 2. The summed E-state index contributed by atoms with van der Waals surface area (Å²) in [6, 6.07) is 6.12. The number of hydrogen-bond donors (Lipinski definition) is 0. The second-order valence-corrected chi connectivity index (χ2v) is 4.86. The van der Waals surface area contributed by atoms with E-state index in [4.69, 9.17) is 11.6 Å². The van der Waals surface area contributed by atoms with Gasteiger partial charge in [0, 0.05) is 18.1 Å². The van der Waals surface area contributed by atoms with Crippen LogP contribution in [0.3, 0.4) is 0 Å². The van der Waals surface area contributed by atoms with Crippen molar-refractivity contribution in [1.29, 1.82) is 0 Å². The van der Waals surface area contributed by atoms with E-state index in [1.807, 2.05) is 6.07 Å². The van der Waals surface area contributed by atoms with Crippen molar-refractivity contribution in [2.24, 2.45) is 0 Å². The van der Waals surface area contributed by atoms with E-state index in [0.29, 0.717) is 12.5 Å². The van der Waals surface area contributed by atoms with E-state index in [2.05, 4.69) is 24.0 Å². The van der Waals surface area contributed by atoms with Crippen molar-refractivity contribution in [2.45, 2.75) is 19.3 Å². The SMILES string of the molecule is CC1CN(CC=O)CCc2ccc(Cl)cc21. The molecule has 1 aromatic rings. The Hall–Kier alpha value is -0.860. The molecule has 1 aliphatic heterocycles. The molecule has 86 valence electrons. The zero-order chi connectivity index (χ0) is 11.5. The fourth-order valence-electron chi connectivity index (χ4n) is 2.38. The fourth-order valence-corrected chi connectivity index (χ4v) is 2.56. The molecule has 1 aromatic carbocycles. The third-order valence-corrected chi connectivity index (χ3v) is 3.44. The minimum atomic E-state index is 0.441. The number of carbonyl (C=O) groups is 1. The van der Waals surface area contributed by atoms with Gasteiger partial charge in [0.15, 0.2) is 0 Å². The molecular weight excluding hydrogens is 222 g/mol. The fraction of sp³-hybridized carbons (Fsp3) is 0.462. The lowest BCUT2D eigenvalue weighted by molar-refractivity contribution is -0.108. The van der Waals surface area contributed by atoms with Crippen molar-refractivity contribution in [1.82, 2.24) is 4.90 Å². The molecule has 0 N–H and O–H groups in total. The van der Waals surface area contributed by atoms with Crippen molar-refractivity contribution in [3.05, 3.63) is 34.3 Å². The summed E-state index contributed by atoms with van der Waals surface area (Å²) in [4.78, 5) is 12.8. The van der Waals surface area contributed by atoms with Gasteiger partial charge in [0.25, 0.3) is 0 Å². The Balaban J connectivity index is 2.25. The van der Waals surface area contributed by atoms with Crippen LogP contribution in [-0.4, -0.2) is 30.8 Å². The van der Waals surface area contributed by atoms with Gasteiger partial charge >= 0.3 is 0 Å². The maximum atomic E-state index is 10.6. The van der Waals surface area contributed by atoms with Gasteiger partial charge in [-0.15, -0.1) is 0 Å². The lowest BCUT2D eigenvalue weighted by Crippen LogP contribution is -2.29. The van der Waals surface area contributed by atoms with E-state index in [-0.39, 0.29) is 0 Å². The van der Waals surface area contributed by atoms with Crippen molar-refractivity contribution in [3.63, 3.8) is 0 Å². The van der Waals surface area contributed by atoms with Crippen molar-refractivity contribution >= 4 is 17.9 Å². The zero-order valence-electron chi connectivity index (χ0n) is 9.45. The standard InChI is InChI=1S/C13H16ClNO/c1-10-9-15(6-7-16)5-4-11-2-3-12(14)8-13(10)11/h2-3,7-8,10H,4-6,9H2,1H3. The number of benzene rings is 1. The topological polar surface area (TPSA) is 20.3 Å². The van der Waals surface area contributed by atoms with Crippen LogP contribution in [0.2, 0.25) is 5.02 Å². The molecule has 0 amide bonds. The number of carbonyl (C=O) groups excluding carboxylic acids is 1. The van der Waals surface area contributed by atoms with Crippen LogP contribution >= 0.6 is 11.6 Å². The van der Waals surface area contributed by atoms with Crippen LogP contribution in [0.5, 0.6) is 0 Å². The highest BCUT2D eigenvalue weighted by atomic mass is 35.5. The van der Waals surface area contributed by atoms with Gasteiger partial charge in [0.2, 0.25) is 0 Å². The number of aldehydes is 1. The van der Waals surface area contributed by atoms with Gasteiger partial charge in [-0.25, -0.2) is 0 Å². The Morgan fingerprint density at radius 3 is 3.12 bits per heavy atom. The average Bonchev–Trinajstić information content (AvgIpc) is 2.40. The van der Waals surface area contributed by atoms with Gasteiger partial charge in [-0.3, -0.25) is 4.90 Å². The molecule has 1 heterocycles. The van der Waals surface area contributed by atoms with Crippen LogP contribution in [0.1, 0.15) is 24.0 Å². The molecule has 1 aliphatic rings. The Morgan fingerprint density at radius 2 is 2.38 bits per heavy atom. The molecule has 0 spiro atoms. The Labute approximate surface area is 101 Å². The molecule has 16 heavy (non-hydrogen) atoms. The van der Waals surface area contributed by atoms with Gasteiger partial charge < -0.3 is 4.79 Å². The zero-order valence-corrected chi connectivity index (χ0v) is 10.2. The minimum Gasteiger partial charge on any atom is -0.302 e. The number of halogens is 1. The molecule has 2 rings (SSSR count). The van der Waals surface area contributed by atoms with E-state index in [1.165, 1.54) is 11.1 Å². The summed E-state index contributed by atoms with van der Waals surface area (Å²) in [5.74, 6) is 0.441. The lowest BCUT2D eigenvalue weighted by Gasteiger charge is -2.19. The van der Waals surface area contributed by atoms with E-state index in [1.54, 1.807) is 0 Å². The van der Waals surface area contributed by atoms with Crippen LogP contribution in [0.4, 0.5) is 0 Å². The van der Waals surface area contributed by atoms with E-state index in [9.17, 15) is 4.79 Å². The largest absolute Gasteiger partial charge is 0.302 e. The quantitative estimate of drug-likeness (QED) is 0.737. The summed E-state index contributed by atoms with van der Waals surface area (Å²) in [7, 11) is 0. The first kappa shape index (κ1) is 11.6. The third kappa shape index (κ3) is 2.45. The van der Waals surface area contributed by atoms with Gasteiger partial charge in [-0.1, -0.05) is 24.6 Å². The highest BCUT2D eigenvalue weighted by Crippen LogP contribution is 2.27. The third-order valence-electron chi connectivity index (χ3n) is 3.20. The first-order chi connectivity index (χ1) is 7.70. The van der Waals surface area contributed by atoms with Crippen molar-refractivity contribution in [3.8, 4) is 0 Å². The molecule has 1 unspecified atom stereocenters. The highest BCUT2D eigenvalue weighted by Gasteiger charge is 2.19. The van der Waals surface area contributed by atoms with Crippen molar-refractivity contribution < 1.29 is 4.79 Å². The molecule has 2 nitrogen and oxygen atoms in total. The lowest BCUT2D eigenvalue weighted by atomic mass is 9.95.